The molecule has 0 bridgehead atoms. The van der Waals surface area contributed by atoms with E-state index < -0.39 is 0 Å². The summed E-state index contributed by atoms with van der Waals surface area (Å²) < 4.78 is 0.743. The van der Waals surface area contributed by atoms with Gasteiger partial charge in [-0.15, -0.1) is 10.2 Å². The Labute approximate surface area is 66.4 Å². The molecule has 0 fully saturated rings. The van der Waals surface area contributed by atoms with E-state index in [2.05, 4.69) is 26.1 Å². The maximum absolute atomic E-state index is 5.52. The van der Waals surface area contributed by atoms with Crippen LogP contribution in [0.15, 0.2) is 10.7 Å². The molecule has 0 aromatic carbocycles. The highest BCUT2D eigenvalue weighted by atomic mass is 79.9. The van der Waals surface area contributed by atoms with Gasteiger partial charge in [0.05, 0.1) is 0 Å². The number of halogens is 2. The summed E-state index contributed by atoms with van der Waals surface area (Å²) >= 11 is 8.72. The van der Waals surface area contributed by atoms with E-state index in [0.29, 0.717) is 5.15 Å². The molecule has 0 aliphatic carbocycles. The first-order chi connectivity index (χ1) is 4.20. The van der Waals surface area contributed by atoms with E-state index in [0.717, 1.165) is 10.2 Å². The van der Waals surface area contributed by atoms with Gasteiger partial charge in [0.1, 0.15) is 4.60 Å². The molecule has 1 aromatic heterocycles. The van der Waals surface area contributed by atoms with Crippen molar-refractivity contribution >= 4 is 27.5 Å². The van der Waals surface area contributed by atoms with E-state index >= 15 is 0 Å². The fraction of sp³-hybridized carbons (Fsp3) is 0.200. The average Bonchev–Trinajstić information content (AvgIpc) is 1.80. The Hall–Kier alpha value is -0.150. The van der Waals surface area contributed by atoms with Gasteiger partial charge in [-0.1, -0.05) is 11.6 Å². The number of hydrogen-bond donors (Lipinski definition) is 0. The molecule has 0 saturated carbocycles. The molecule has 48 valence electrons. The van der Waals surface area contributed by atoms with E-state index in [1.165, 1.54) is 0 Å². The molecule has 2 nitrogen and oxygen atoms in total. The molecular weight excluding hydrogens is 203 g/mol. The first kappa shape index (κ1) is 6.96. The highest BCUT2D eigenvalue weighted by molar-refractivity contribution is 9.10. The van der Waals surface area contributed by atoms with Crippen molar-refractivity contribution in [3.63, 3.8) is 0 Å². The van der Waals surface area contributed by atoms with Gasteiger partial charge in [-0.3, -0.25) is 0 Å². The van der Waals surface area contributed by atoms with Gasteiger partial charge in [-0.05, 0) is 34.5 Å². The molecule has 9 heavy (non-hydrogen) atoms. The van der Waals surface area contributed by atoms with Crippen LogP contribution in [0.2, 0.25) is 5.15 Å². The van der Waals surface area contributed by atoms with Crippen LogP contribution in [0.5, 0.6) is 0 Å². The Kier molecular flexibility index (Phi) is 2.03. The predicted octanol–water partition coefficient (Wildman–Crippen LogP) is 2.20. The lowest BCUT2D eigenvalue weighted by Gasteiger charge is -1.92. The van der Waals surface area contributed by atoms with Crippen molar-refractivity contribution in [2.75, 3.05) is 0 Å². The minimum atomic E-state index is 0.427. The Morgan fingerprint density at radius 3 is 2.67 bits per heavy atom. The maximum atomic E-state index is 5.52. The second kappa shape index (κ2) is 2.62. The summed E-state index contributed by atoms with van der Waals surface area (Å²) in [5.74, 6) is 0. The molecule has 0 unspecified atom stereocenters. The van der Waals surface area contributed by atoms with E-state index in [1.807, 2.05) is 6.92 Å². The topological polar surface area (TPSA) is 25.8 Å². The van der Waals surface area contributed by atoms with Crippen molar-refractivity contribution in [1.82, 2.24) is 10.2 Å². The van der Waals surface area contributed by atoms with Gasteiger partial charge in [0, 0.05) is 0 Å². The summed E-state index contributed by atoms with van der Waals surface area (Å²) in [5.41, 5.74) is 0.995. The van der Waals surface area contributed by atoms with Gasteiger partial charge in [0.2, 0.25) is 0 Å². The van der Waals surface area contributed by atoms with E-state index in [-0.39, 0.29) is 0 Å². The lowest BCUT2D eigenvalue weighted by atomic mass is 10.4. The van der Waals surface area contributed by atoms with Crippen molar-refractivity contribution < 1.29 is 0 Å². The van der Waals surface area contributed by atoms with Gasteiger partial charge in [-0.2, -0.15) is 0 Å². The molecule has 0 radical (unpaired) electrons. The third-order valence-corrected chi connectivity index (χ3v) is 1.86. The summed E-state index contributed by atoms with van der Waals surface area (Å²) in [6, 6.07) is 1.75. The molecule has 0 aliphatic heterocycles. The molecule has 4 heteroatoms. The molecule has 0 amide bonds. The Balaban J connectivity index is 3.17. The van der Waals surface area contributed by atoms with Crippen molar-refractivity contribution in [3.8, 4) is 0 Å². The van der Waals surface area contributed by atoms with Crippen LogP contribution in [0.3, 0.4) is 0 Å². The highest BCUT2D eigenvalue weighted by Crippen LogP contribution is 2.13. The first-order valence-corrected chi connectivity index (χ1v) is 3.52. The van der Waals surface area contributed by atoms with E-state index in [1.54, 1.807) is 6.07 Å². The van der Waals surface area contributed by atoms with E-state index in [4.69, 9.17) is 11.6 Å². The normalized spacial score (nSPS) is 9.67. The van der Waals surface area contributed by atoms with Gasteiger partial charge in [-0.25, -0.2) is 0 Å². The van der Waals surface area contributed by atoms with Crippen LogP contribution >= 0.6 is 27.5 Å². The van der Waals surface area contributed by atoms with Crippen LogP contribution in [-0.4, -0.2) is 10.2 Å². The molecule has 1 rings (SSSR count). The monoisotopic (exact) mass is 206 g/mol. The van der Waals surface area contributed by atoms with Gasteiger partial charge < -0.3 is 0 Å². The largest absolute Gasteiger partial charge is 0.152 e. The Morgan fingerprint density at radius 1 is 1.56 bits per heavy atom. The summed E-state index contributed by atoms with van der Waals surface area (Å²) in [4.78, 5) is 0. The third kappa shape index (κ3) is 1.63. The number of hydrogen-bond acceptors (Lipinski definition) is 2. The zero-order chi connectivity index (χ0) is 6.85. The highest BCUT2D eigenvalue weighted by Gasteiger charge is 1.95. The van der Waals surface area contributed by atoms with Crippen molar-refractivity contribution in [1.29, 1.82) is 0 Å². The second-order valence-electron chi connectivity index (χ2n) is 1.64. The standard InChI is InChI=1S/C5H4BrClN2/c1-3-2-4(7)8-9-5(3)6/h2H,1H3. The SMILES string of the molecule is Cc1cc(Cl)nnc1Br. The van der Waals surface area contributed by atoms with Crippen LogP contribution in [0, 0.1) is 6.92 Å². The summed E-state index contributed by atoms with van der Waals surface area (Å²) in [5, 5.41) is 7.75. The molecule has 0 atom stereocenters. The van der Waals surface area contributed by atoms with Crippen LogP contribution < -0.4 is 0 Å². The lowest BCUT2D eigenvalue weighted by Crippen LogP contribution is -1.85. The number of aryl methyl sites for hydroxylation is 1. The number of nitrogens with zero attached hydrogens (tertiary/aromatic N) is 2. The van der Waals surface area contributed by atoms with Crippen molar-refractivity contribution in [2.24, 2.45) is 0 Å². The summed E-state index contributed by atoms with van der Waals surface area (Å²) in [7, 11) is 0. The summed E-state index contributed by atoms with van der Waals surface area (Å²) in [6.45, 7) is 1.91. The molecule has 1 heterocycles. The zero-order valence-electron chi connectivity index (χ0n) is 4.73. The van der Waals surface area contributed by atoms with Gasteiger partial charge in [0.15, 0.2) is 5.15 Å². The molecule has 0 spiro atoms. The summed E-state index contributed by atoms with van der Waals surface area (Å²) in [6.07, 6.45) is 0. The quantitative estimate of drug-likeness (QED) is 0.652. The Morgan fingerprint density at radius 2 is 2.22 bits per heavy atom. The smallest absolute Gasteiger partial charge is 0.142 e. The average molecular weight is 207 g/mol. The van der Waals surface area contributed by atoms with Crippen molar-refractivity contribution in [3.05, 3.63) is 21.4 Å². The zero-order valence-corrected chi connectivity index (χ0v) is 7.07. The van der Waals surface area contributed by atoms with Gasteiger partial charge in [0.25, 0.3) is 0 Å². The molecule has 0 aliphatic rings. The fourth-order valence-corrected chi connectivity index (χ4v) is 0.833. The van der Waals surface area contributed by atoms with Gasteiger partial charge >= 0.3 is 0 Å². The lowest BCUT2D eigenvalue weighted by molar-refractivity contribution is 0.987. The second-order valence-corrected chi connectivity index (χ2v) is 2.78. The van der Waals surface area contributed by atoms with Crippen LogP contribution in [0.1, 0.15) is 5.56 Å². The minimum Gasteiger partial charge on any atom is -0.142 e. The number of aromatic nitrogens is 2. The first-order valence-electron chi connectivity index (χ1n) is 2.35. The molecule has 0 N–H and O–H groups in total. The third-order valence-electron chi connectivity index (χ3n) is 0.894. The maximum Gasteiger partial charge on any atom is 0.152 e. The molecule has 0 saturated heterocycles. The fourth-order valence-electron chi connectivity index (χ4n) is 0.438. The number of rotatable bonds is 0. The van der Waals surface area contributed by atoms with E-state index in [9.17, 15) is 0 Å². The van der Waals surface area contributed by atoms with Crippen LogP contribution in [-0.2, 0) is 0 Å². The van der Waals surface area contributed by atoms with Crippen LogP contribution in [0.4, 0.5) is 0 Å². The molecular formula is C5H4BrClN2. The minimum absolute atomic E-state index is 0.427. The van der Waals surface area contributed by atoms with Crippen molar-refractivity contribution in [2.45, 2.75) is 6.92 Å². The predicted molar refractivity (Wildman–Crippen MR) is 39.5 cm³/mol. The van der Waals surface area contributed by atoms with Crippen LogP contribution in [0.25, 0.3) is 0 Å². The Bertz CT molecular complexity index is 226. The molecule has 1 aromatic rings.